The van der Waals surface area contributed by atoms with Crippen LogP contribution in [0.4, 0.5) is 16.0 Å². The molecule has 1 amide bonds. The molecular formula is C20H25FN4O2. The van der Waals surface area contributed by atoms with Crippen molar-refractivity contribution in [3.63, 3.8) is 0 Å². The van der Waals surface area contributed by atoms with Gasteiger partial charge in [0, 0.05) is 30.5 Å². The van der Waals surface area contributed by atoms with Crippen molar-refractivity contribution in [2.24, 2.45) is 5.92 Å². The first-order valence-electron chi connectivity index (χ1n) is 9.20. The number of piperidine rings is 1. The largest absolute Gasteiger partial charge is 0.467 e. The van der Waals surface area contributed by atoms with Crippen molar-refractivity contribution in [1.82, 2.24) is 9.97 Å². The van der Waals surface area contributed by atoms with E-state index in [-0.39, 0.29) is 18.3 Å². The number of carbonyl (C=O) groups is 1. The number of halogens is 1. The molecule has 144 valence electrons. The van der Waals surface area contributed by atoms with Gasteiger partial charge in [0.1, 0.15) is 5.82 Å². The van der Waals surface area contributed by atoms with Crippen molar-refractivity contribution in [2.75, 3.05) is 29.9 Å². The van der Waals surface area contributed by atoms with Gasteiger partial charge < -0.3 is 15.0 Å². The number of hydrogen-bond acceptors (Lipinski definition) is 5. The number of ether oxygens (including phenoxy) is 1. The summed E-state index contributed by atoms with van der Waals surface area (Å²) in [6, 6.07) is 6.26. The minimum atomic E-state index is -0.373. The van der Waals surface area contributed by atoms with Crippen molar-refractivity contribution >= 4 is 17.5 Å². The van der Waals surface area contributed by atoms with Crippen LogP contribution in [-0.4, -0.2) is 35.6 Å². The fraction of sp³-hybridized carbons (Fsp3) is 0.450. The predicted molar refractivity (Wildman–Crippen MR) is 103 cm³/mol. The Morgan fingerprint density at radius 2 is 2.15 bits per heavy atom. The standard InChI is InChI=1S/C20H25FN4O2/c1-13-5-4-8-25(11-13)20-22-15(3)9-19(24-20)27-12-18(26)23-16-7-6-14(2)17(21)10-16/h6-7,9-10,13H,4-5,8,11-12H2,1-3H3,(H,23,26)/t13-/m0/s1. The van der Waals surface area contributed by atoms with Gasteiger partial charge in [-0.1, -0.05) is 13.0 Å². The zero-order chi connectivity index (χ0) is 19.4. The highest BCUT2D eigenvalue weighted by atomic mass is 19.1. The zero-order valence-corrected chi connectivity index (χ0v) is 16.0. The number of aryl methyl sites for hydroxylation is 2. The second-order valence-corrected chi connectivity index (χ2v) is 7.14. The first-order chi connectivity index (χ1) is 12.9. The van der Waals surface area contributed by atoms with Gasteiger partial charge in [-0.05, 0) is 50.3 Å². The van der Waals surface area contributed by atoms with Crippen LogP contribution in [-0.2, 0) is 4.79 Å². The molecule has 0 spiro atoms. The van der Waals surface area contributed by atoms with Crippen molar-refractivity contribution < 1.29 is 13.9 Å². The molecule has 7 heteroatoms. The number of hydrogen-bond donors (Lipinski definition) is 1. The number of anilines is 2. The van der Waals surface area contributed by atoms with Crippen LogP contribution in [0.15, 0.2) is 24.3 Å². The van der Waals surface area contributed by atoms with Crippen LogP contribution in [0.1, 0.15) is 31.0 Å². The van der Waals surface area contributed by atoms with Crippen LogP contribution in [0, 0.1) is 25.6 Å². The zero-order valence-electron chi connectivity index (χ0n) is 16.0. The van der Waals surface area contributed by atoms with Gasteiger partial charge in [0.15, 0.2) is 6.61 Å². The van der Waals surface area contributed by atoms with Crippen molar-refractivity contribution in [3.8, 4) is 5.88 Å². The van der Waals surface area contributed by atoms with Crippen LogP contribution in [0.5, 0.6) is 5.88 Å². The molecule has 1 N–H and O–H groups in total. The molecule has 2 aromatic rings. The molecule has 0 unspecified atom stereocenters. The minimum absolute atomic E-state index is 0.207. The number of nitrogens with one attached hydrogen (secondary N) is 1. The fourth-order valence-corrected chi connectivity index (χ4v) is 3.12. The molecule has 0 bridgehead atoms. The molecule has 1 aromatic heterocycles. The first kappa shape index (κ1) is 19.1. The first-order valence-corrected chi connectivity index (χ1v) is 9.20. The summed E-state index contributed by atoms with van der Waals surface area (Å²) in [5.41, 5.74) is 1.71. The Morgan fingerprint density at radius 3 is 2.89 bits per heavy atom. The highest BCUT2D eigenvalue weighted by Gasteiger charge is 2.19. The number of amides is 1. The lowest BCUT2D eigenvalue weighted by Gasteiger charge is -2.31. The van der Waals surface area contributed by atoms with Gasteiger partial charge in [0.25, 0.3) is 5.91 Å². The topological polar surface area (TPSA) is 67.3 Å². The molecule has 1 fully saturated rings. The molecule has 1 saturated heterocycles. The lowest BCUT2D eigenvalue weighted by Crippen LogP contribution is -2.35. The summed E-state index contributed by atoms with van der Waals surface area (Å²) in [6.07, 6.45) is 2.33. The third-order valence-corrected chi connectivity index (χ3v) is 4.57. The maximum atomic E-state index is 13.6. The lowest BCUT2D eigenvalue weighted by atomic mass is 10.0. The van der Waals surface area contributed by atoms with Crippen molar-refractivity contribution in [2.45, 2.75) is 33.6 Å². The highest BCUT2D eigenvalue weighted by molar-refractivity contribution is 5.91. The van der Waals surface area contributed by atoms with E-state index in [1.807, 2.05) is 6.92 Å². The van der Waals surface area contributed by atoms with Gasteiger partial charge in [-0.3, -0.25) is 4.79 Å². The lowest BCUT2D eigenvalue weighted by molar-refractivity contribution is -0.118. The van der Waals surface area contributed by atoms with Gasteiger partial charge in [0.2, 0.25) is 11.8 Å². The summed E-state index contributed by atoms with van der Waals surface area (Å²) >= 11 is 0. The highest BCUT2D eigenvalue weighted by Crippen LogP contribution is 2.22. The van der Waals surface area contributed by atoms with Gasteiger partial charge in [0.05, 0.1) is 0 Å². The molecule has 1 atom stereocenters. The molecular weight excluding hydrogens is 347 g/mol. The number of benzene rings is 1. The molecule has 0 radical (unpaired) electrons. The Hall–Kier alpha value is -2.70. The van der Waals surface area contributed by atoms with Crippen molar-refractivity contribution in [1.29, 1.82) is 0 Å². The van der Waals surface area contributed by atoms with Gasteiger partial charge in [-0.15, -0.1) is 0 Å². The Balaban J connectivity index is 1.61. The third kappa shape index (κ3) is 5.15. The van der Waals surface area contributed by atoms with Crippen molar-refractivity contribution in [3.05, 3.63) is 41.3 Å². The van der Waals surface area contributed by atoms with Crippen LogP contribution in [0.2, 0.25) is 0 Å². The summed E-state index contributed by atoms with van der Waals surface area (Å²) in [7, 11) is 0. The Kier molecular flexibility index (Phi) is 5.88. The Bertz CT molecular complexity index is 828. The summed E-state index contributed by atoms with van der Waals surface area (Å²) in [4.78, 5) is 23.2. The number of nitrogens with zero attached hydrogens (tertiary/aromatic N) is 3. The number of aromatic nitrogens is 2. The Labute approximate surface area is 158 Å². The van der Waals surface area contributed by atoms with Crippen LogP contribution in [0.25, 0.3) is 0 Å². The average Bonchev–Trinajstić information content (AvgIpc) is 2.63. The van der Waals surface area contributed by atoms with E-state index in [9.17, 15) is 9.18 Å². The molecule has 1 aliphatic heterocycles. The van der Waals surface area contributed by atoms with Gasteiger partial charge >= 0.3 is 0 Å². The van der Waals surface area contributed by atoms with E-state index in [1.165, 1.54) is 12.5 Å². The molecule has 0 saturated carbocycles. The fourth-order valence-electron chi connectivity index (χ4n) is 3.12. The van der Waals surface area contributed by atoms with Gasteiger partial charge in [-0.2, -0.15) is 4.98 Å². The average molecular weight is 372 g/mol. The monoisotopic (exact) mass is 372 g/mol. The van der Waals surface area contributed by atoms with E-state index in [0.29, 0.717) is 29.0 Å². The van der Waals surface area contributed by atoms with Crippen LogP contribution >= 0.6 is 0 Å². The van der Waals surface area contributed by atoms with E-state index in [1.54, 1.807) is 25.1 Å². The van der Waals surface area contributed by atoms with E-state index < -0.39 is 0 Å². The third-order valence-electron chi connectivity index (χ3n) is 4.57. The summed E-state index contributed by atoms with van der Waals surface area (Å²) in [5.74, 6) is 0.870. The second-order valence-electron chi connectivity index (χ2n) is 7.14. The maximum Gasteiger partial charge on any atom is 0.262 e. The van der Waals surface area contributed by atoms with Crippen LogP contribution < -0.4 is 15.0 Å². The molecule has 27 heavy (non-hydrogen) atoms. The van der Waals surface area contributed by atoms with E-state index >= 15 is 0 Å². The summed E-state index contributed by atoms with van der Waals surface area (Å²) in [5, 5.41) is 2.62. The SMILES string of the molecule is Cc1cc(OCC(=O)Nc2ccc(C)c(F)c2)nc(N2CCC[C@H](C)C2)n1. The molecule has 1 aliphatic rings. The molecule has 6 nitrogen and oxygen atoms in total. The predicted octanol–water partition coefficient (Wildman–Crippen LogP) is 3.49. The Morgan fingerprint density at radius 1 is 1.33 bits per heavy atom. The normalized spacial score (nSPS) is 16.9. The van der Waals surface area contributed by atoms with E-state index in [4.69, 9.17) is 4.74 Å². The molecule has 3 rings (SSSR count). The minimum Gasteiger partial charge on any atom is -0.467 e. The van der Waals surface area contributed by atoms with E-state index in [2.05, 4.69) is 27.1 Å². The second kappa shape index (κ2) is 8.33. The molecule has 2 heterocycles. The number of rotatable bonds is 5. The molecule has 1 aromatic carbocycles. The summed E-state index contributed by atoms with van der Waals surface area (Å²) < 4.78 is 19.1. The quantitative estimate of drug-likeness (QED) is 0.870. The van der Waals surface area contributed by atoms with Gasteiger partial charge in [-0.25, -0.2) is 9.37 Å². The van der Waals surface area contributed by atoms with Crippen LogP contribution in [0.3, 0.4) is 0 Å². The maximum absolute atomic E-state index is 13.6. The number of carbonyl (C=O) groups excluding carboxylic acids is 1. The molecule has 0 aliphatic carbocycles. The summed E-state index contributed by atoms with van der Waals surface area (Å²) in [6.45, 7) is 7.40. The van der Waals surface area contributed by atoms with E-state index in [0.717, 1.165) is 25.2 Å². The smallest absolute Gasteiger partial charge is 0.262 e.